The smallest absolute Gasteiger partial charge is 0.129 e. The molecule has 0 fully saturated rings. The van der Waals surface area contributed by atoms with Crippen LogP contribution in [0.25, 0.3) is 22.3 Å². The van der Waals surface area contributed by atoms with Gasteiger partial charge in [-0.1, -0.05) is 42.5 Å². The molecule has 0 saturated heterocycles. The van der Waals surface area contributed by atoms with Crippen molar-refractivity contribution in [2.75, 3.05) is 11.9 Å². The van der Waals surface area contributed by atoms with Crippen LogP contribution in [0.2, 0.25) is 0 Å². The van der Waals surface area contributed by atoms with E-state index in [-0.39, 0.29) is 6.61 Å². The summed E-state index contributed by atoms with van der Waals surface area (Å²) in [6.45, 7) is 1.06. The fraction of sp³-hybridized carbons (Fsp3) is 0.200. The van der Waals surface area contributed by atoms with Crippen molar-refractivity contribution in [1.29, 1.82) is 0 Å². The topological polar surface area (TPSA) is 67.9 Å². The second kappa shape index (κ2) is 7.01. The van der Waals surface area contributed by atoms with Gasteiger partial charge in [0.25, 0.3) is 0 Å². The minimum absolute atomic E-state index is 0.0386. The number of para-hydroxylation sites is 2. The van der Waals surface area contributed by atoms with Crippen LogP contribution in [0.1, 0.15) is 5.82 Å². The summed E-state index contributed by atoms with van der Waals surface area (Å²) in [5, 5.41) is 17.4. The lowest BCUT2D eigenvalue weighted by atomic mass is 10.2. The first-order valence-electron chi connectivity index (χ1n) is 8.64. The number of benzene rings is 2. The number of hydrogen-bond donors (Lipinski definition) is 2. The Hall–Kier alpha value is -3.12. The van der Waals surface area contributed by atoms with Gasteiger partial charge >= 0.3 is 0 Å². The number of aliphatic hydroxyl groups is 1. The van der Waals surface area contributed by atoms with Crippen molar-refractivity contribution in [3.63, 3.8) is 0 Å². The van der Waals surface area contributed by atoms with E-state index >= 15 is 0 Å². The Balaban J connectivity index is 1.60. The molecule has 0 radical (unpaired) electrons. The molecule has 0 aliphatic rings. The van der Waals surface area contributed by atoms with Crippen molar-refractivity contribution in [3.8, 4) is 11.3 Å². The molecule has 4 rings (SSSR count). The number of aromatic nitrogens is 4. The van der Waals surface area contributed by atoms with Crippen LogP contribution in [0.15, 0.2) is 60.7 Å². The van der Waals surface area contributed by atoms with Gasteiger partial charge in [-0.2, -0.15) is 5.10 Å². The molecule has 0 aliphatic heterocycles. The summed E-state index contributed by atoms with van der Waals surface area (Å²) in [7, 11) is 2.02. The first-order chi connectivity index (χ1) is 12.8. The molecule has 4 aromatic rings. The summed E-state index contributed by atoms with van der Waals surface area (Å²) in [5.41, 5.74) is 4.03. The van der Waals surface area contributed by atoms with Gasteiger partial charge in [0.15, 0.2) is 0 Å². The predicted octanol–water partition coefficient (Wildman–Crippen LogP) is 3.04. The number of aliphatic hydroxyl groups excluding tert-OH is 1. The normalized spacial score (nSPS) is 11.2. The zero-order chi connectivity index (χ0) is 17.9. The quantitative estimate of drug-likeness (QED) is 0.562. The van der Waals surface area contributed by atoms with Crippen molar-refractivity contribution in [3.05, 3.63) is 66.5 Å². The zero-order valence-electron chi connectivity index (χ0n) is 14.6. The van der Waals surface area contributed by atoms with Crippen LogP contribution < -0.4 is 5.32 Å². The molecule has 2 aromatic heterocycles. The fourth-order valence-corrected chi connectivity index (χ4v) is 3.10. The molecule has 6 heteroatoms. The second-order valence-electron chi connectivity index (χ2n) is 6.16. The SMILES string of the molecule is Cn1c(CNc2cc(-c3ccccc3)nn2CCO)nc2ccccc21. The molecule has 0 aliphatic carbocycles. The van der Waals surface area contributed by atoms with E-state index in [4.69, 9.17) is 0 Å². The molecule has 132 valence electrons. The summed E-state index contributed by atoms with van der Waals surface area (Å²) in [6, 6.07) is 20.1. The number of nitrogens with zero attached hydrogens (tertiary/aromatic N) is 4. The van der Waals surface area contributed by atoms with Crippen LogP contribution >= 0.6 is 0 Å². The predicted molar refractivity (Wildman–Crippen MR) is 103 cm³/mol. The van der Waals surface area contributed by atoms with Gasteiger partial charge in [-0.25, -0.2) is 9.67 Å². The van der Waals surface area contributed by atoms with E-state index in [9.17, 15) is 5.11 Å². The molecule has 0 saturated carbocycles. The maximum Gasteiger partial charge on any atom is 0.129 e. The van der Waals surface area contributed by atoms with Gasteiger partial charge < -0.3 is 15.0 Å². The minimum atomic E-state index is 0.0386. The standard InChI is InChI=1S/C20H21N5O/c1-24-18-10-6-5-9-16(18)22-20(24)14-21-19-13-17(23-25(19)11-12-26)15-7-3-2-4-8-15/h2-10,13,21,26H,11-12,14H2,1H3. The second-order valence-corrected chi connectivity index (χ2v) is 6.16. The first-order valence-corrected chi connectivity index (χ1v) is 8.64. The van der Waals surface area contributed by atoms with Gasteiger partial charge in [0.2, 0.25) is 0 Å². The molecule has 26 heavy (non-hydrogen) atoms. The Morgan fingerprint density at radius 3 is 2.58 bits per heavy atom. The summed E-state index contributed by atoms with van der Waals surface area (Å²) in [4.78, 5) is 4.69. The van der Waals surface area contributed by atoms with Gasteiger partial charge in [-0.15, -0.1) is 0 Å². The van der Waals surface area contributed by atoms with E-state index < -0.39 is 0 Å². The highest BCUT2D eigenvalue weighted by Gasteiger charge is 2.11. The van der Waals surface area contributed by atoms with Crippen LogP contribution in [0, 0.1) is 0 Å². The van der Waals surface area contributed by atoms with E-state index in [1.54, 1.807) is 4.68 Å². The largest absolute Gasteiger partial charge is 0.394 e. The lowest BCUT2D eigenvalue weighted by Crippen LogP contribution is -2.12. The highest BCUT2D eigenvalue weighted by Crippen LogP contribution is 2.22. The van der Waals surface area contributed by atoms with Gasteiger partial charge in [-0.3, -0.25) is 0 Å². The Morgan fingerprint density at radius 1 is 1.04 bits per heavy atom. The van der Waals surface area contributed by atoms with Crippen molar-refractivity contribution in [2.24, 2.45) is 7.05 Å². The molecule has 0 spiro atoms. The number of fused-ring (bicyclic) bond motifs is 1. The molecular weight excluding hydrogens is 326 g/mol. The first kappa shape index (κ1) is 16.4. The highest BCUT2D eigenvalue weighted by molar-refractivity contribution is 5.75. The van der Waals surface area contributed by atoms with Gasteiger partial charge in [0.1, 0.15) is 11.6 Å². The fourth-order valence-electron chi connectivity index (χ4n) is 3.10. The van der Waals surface area contributed by atoms with E-state index in [1.807, 2.05) is 61.6 Å². The Morgan fingerprint density at radius 2 is 1.81 bits per heavy atom. The number of aryl methyl sites for hydroxylation is 1. The van der Waals surface area contributed by atoms with Crippen LogP contribution in [-0.4, -0.2) is 31.0 Å². The third kappa shape index (κ3) is 3.07. The van der Waals surface area contributed by atoms with Crippen molar-refractivity contribution >= 4 is 16.9 Å². The molecular formula is C20H21N5O. The number of hydrogen-bond acceptors (Lipinski definition) is 4. The Bertz CT molecular complexity index is 1020. The molecule has 0 bridgehead atoms. The minimum Gasteiger partial charge on any atom is -0.394 e. The average Bonchev–Trinajstić information content (AvgIpc) is 3.23. The van der Waals surface area contributed by atoms with E-state index in [0.717, 1.165) is 33.9 Å². The Kier molecular flexibility index (Phi) is 4.41. The number of imidazole rings is 1. The summed E-state index contributed by atoms with van der Waals surface area (Å²) < 4.78 is 3.89. The number of nitrogens with one attached hydrogen (secondary N) is 1. The maximum absolute atomic E-state index is 9.34. The van der Waals surface area contributed by atoms with Gasteiger partial charge in [0.05, 0.1) is 36.4 Å². The monoisotopic (exact) mass is 347 g/mol. The van der Waals surface area contributed by atoms with E-state index in [2.05, 4.69) is 26.0 Å². The third-order valence-electron chi connectivity index (χ3n) is 4.47. The summed E-state index contributed by atoms with van der Waals surface area (Å²) in [5.74, 6) is 1.81. The lowest BCUT2D eigenvalue weighted by Gasteiger charge is -2.08. The molecule has 0 atom stereocenters. The van der Waals surface area contributed by atoms with E-state index in [0.29, 0.717) is 13.1 Å². The Labute approximate surface area is 151 Å². The summed E-state index contributed by atoms with van der Waals surface area (Å²) >= 11 is 0. The van der Waals surface area contributed by atoms with Gasteiger partial charge in [0, 0.05) is 18.7 Å². The van der Waals surface area contributed by atoms with Crippen molar-refractivity contribution in [2.45, 2.75) is 13.1 Å². The number of anilines is 1. The molecule has 6 nitrogen and oxygen atoms in total. The van der Waals surface area contributed by atoms with Crippen LogP contribution in [0.3, 0.4) is 0 Å². The third-order valence-corrected chi connectivity index (χ3v) is 4.47. The highest BCUT2D eigenvalue weighted by atomic mass is 16.3. The molecule has 2 heterocycles. The maximum atomic E-state index is 9.34. The molecule has 2 N–H and O–H groups in total. The number of rotatable bonds is 6. The van der Waals surface area contributed by atoms with E-state index in [1.165, 1.54) is 0 Å². The van der Waals surface area contributed by atoms with Crippen molar-refractivity contribution in [1.82, 2.24) is 19.3 Å². The molecule has 0 amide bonds. The van der Waals surface area contributed by atoms with Crippen LogP contribution in [0.5, 0.6) is 0 Å². The van der Waals surface area contributed by atoms with Crippen LogP contribution in [0.4, 0.5) is 5.82 Å². The zero-order valence-corrected chi connectivity index (χ0v) is 14.6. The van der Waals surface area contributed by atoms with Gasteiger partial charge in [-0.05, 0) is 12.1 Å². The molecule has 0 unspecified atom stereocenters. The lowest BCUT2D eigenvalue weighted by molar-refractivity contribution is 0.270. The van der Waals surface area contributed by atoms with Crippen molar-refractivity contribution < 1.29 is 5.11 Å². The molecule has 2 aromatic carbocycles. The average molecular weight is 347 g/mol. The summed E-state index contributed by atoms with van der Waals surface area (Å²) in [6.07, 6.45) is 0. The van der Waals surface area contributed by atoms with Crippen LogP contribution in [-0.2, 0) is 20.1 Å².